The number of H-pyrrole nitrogens is 1. The van der Waals surface area contributed by atoms with E-state index in [-0.39, 0.29) is 5.91 Å². The molecule has 0 aliphatic heterocycles. The van der Waals surface area contributed by atoms with E-state index in [1.54, 1.807) is 6.07 Å². The summed E-state index contributed by atoms with van der Waals surface area (Å²) in [6, 6.07) is 19.0. The first-order valence-electron chi connectivity index (χ1n) is 6.72. The number of aromatic nitrogens is 1. The summed E-state index contributed by atoms with van der Waals surface area (Å²) in [4.78, 5) is 15.1. The van der Waals surface area contributed by atoms with Crippen molar-refractivity contribution in [3.05, 3.63) is 66.4 Å². The third kappa shape index (κ3) is 3.24. The Bertz CT molecular complexity index is 780. The van der Waals surface area contributed by atoms with Gasteiger partial charge in [0.2, 0.25) is 0 Å². The summed E-state index contributed by atoms with van der Waals surface area (Å²) in [6.07, 6.45) is 0. The number of rotatable bonds is 2. The zero-order valence-electron chi connectivity index (χ0n) is 11.6. The summed E-state index contributed by atoms with van der Waals surface area (Å²) in [5.41, 5.74) is 7.46. The van der Waals surface area contributed by atoms with Crippen molar-refractivity contribution in [3.8, 4) is 0 Å². The van der Waals surface area contributed by atoms with Crippen LogP contribution in [0.4, 0.5) is 5.69 Å². The van der Waals surface area contributed by atoms with Crippen molar-refractivity contribution in [3.63, 3.8) is 0 Å². The number of amides is 1. The van der Waals surface area contributed by atoms with Crippen LogP contribution < -0.4 is 16.2 Å². The molecule has 3 rings (SSSR count). The fraction of sp³-hybridized carbons (Fsp3) is 0. The molecule has 3 aromatic rings. The van der Waals surface area contributed by atoms with Gasteiger partial charge in [0.1, 0.15) is 5.69 Å². The molecule has 0 saturated heterocycles. The van der Waals surface area contributed by atoms with E-state index in [9.17, 15) is 4.79 Å². The van der Waals surface area contributed by atoms with E-state index < -0.39 is 0 Å². The van der Waals surface area contributed by atoms with Crippen LogP contribution in [0.3, 0.4) is 0 Å². The number of nitrogens with one attached hydrogen (secondary N) is 4. The van der Waals surface area contributed by atoms with Crippen molar-refractivity contribution in [1.29, 1.82) is 0 Å². The van der Waals surface area contributed by atoms with E-state index in [4.69, 9.17) is 12.2 Å². The Labute approximate surface area is 132 Å². The molecule has 1 amide bonds. The van der Waals surface area contributed by atoms with Crippen molar-refractivity contribution >= 4 is 39.8 Å². The largest absolute Gasteiger partial charge is 0.350 e. The third-order valence-electron chi connectivity index (χ3n) is 3.10. The third-order valence-corrected chi connectivity index (χ3v) is 3.30. The van der Waals surface area contributed by atoms with E-state index in [1.807, 2.05) is 54.6 Å². The zero-order chi connectivity index (χ0) is 15.4. The normalized spacial score (nSPS) is 10.2. The number of fused-ring (bicyclic) bond motifs is 1. The number of hydrazine groups is 1. The number of carbonyl (C=O) groups is 1. The number of para-hydroxylation sites is 2. The van der Waals surface area contributed by atoms with Crippen LogP contribution in [-0.4, -0.2) is 16.0 Å². The highest BCUT2D eigenvalue weighted by Gasteiger charge is 2.09. The van der Waals surface area contributed by atoms with E-state index in [1.165, 1.54) is 0 Å². The molecule has 0 radical (unpaired) electrons. The molecule has 6 heteroatoms. The quantitative estimate of drug-likeness (QED) is 0.434. The molecule has 2 aromatic carbocycles. The molecule has 0 unspecified atom stereocenters. The minimum absolute atomic E-state index is 0.284. The molecule has 4 N–H and O–H groups in total. The maximum Gasteiger partial charge on any atom is 0.286 e. The second kappa shape index (κ2) is 6.28. The highest BCUT2D eigenvalue weighted by molar-refractivity contribution is 7.80. The fourth-order valence-corrected chi connectivity index (χ4v) is 2.23. The summed E-state index contributed by atoms with van der Waals surface area (Å²) in [7, 11) is 0. The fourth-order valence-electron chi connectivity index (χ4n) is 2.06. The second-order valence-corrected chi connectivity index (χ2v) is 5.08. The van der Waals surface area contributed by atoms with Crippen molar-refractivity contribution in [2.24, 2.45) is 0 Å². The summed E-state index contributed by atoms with van der Waals surface area (Å²) in [5.74, 6) is -0.284. The molecule has 0 atom stereocenters. The molecule has 0 saturated carbocycles. The standard InChI is InChI=1S/C16H14N4OS/c21-15(14-10-11-6-4-5-9-13(11)18-14)19-20-16(22)17-12-7-2-1-3-8-12/h1-10,18H,(H,19,21)(H2,17,20,22). The average Bonchev–Trinajstić information content (AvgIpc) is 2.98. The molecule has 5 nitrogen and oxygen atoms in total. The maximum atomic E-state index is 12.1. The van der Waals surface area contributed by atoms with Crippen molar-refractivity contribution < 1.29 is 4.79 Å². The first kappa shape index (κ1) is 14.1. The lowest BCUT2D eigenvalue weighted by atomic mass is 10.2. The molecule has 0 fully saturated rings. The summed E-state index contributed by atoms with van der Waals surface area (Å²) in [5, 5.41) is 4.27. The molecule has 1 aromatic heterocycles. The van der Waals surface area contributed by atoms with Crippen LogP contribution in [0.15, 0.2) is 60.7 Å². The Morgan fingerprint density at radius 1 is 0.955 bits per heavy atom. The number of thiocarbonyl (C=S) groups is 1. The Balaban J connectivity index is 1.59. The number of hydrogen-bond donors (Lipinski definition) is 4. The molecular weight excluding hydrogens is 296 g/mol. The van der Waals surface area contributed by atoms with Crippen LogP contribution in [0.5, 0.6) is 0 Å². The molecule has 0 bridgehead atoms. The second-order valence-electron chi connectivity index (χ2n) is 4.67. The van der Waals surface area contributed by atoms with E-state index in [2.05, 4.69) is 21.2 Å². The number of aromatic amines is 1. The predicted octanol–water partition coefficient (Wildman–Crippen LogP) is 2.80. The molecule has 0 spiro atoms. The van der Waals surface area contributed by atoms with Gasteiger partial charge in [0.05, 0.1) is 0 Å². The Morgan fingerprint density at radius 3 is 2.45 bits per heavy atom. The van der Waals surface area contributed by atoms with E-state index >= 15 is 0 Å². The molecule has 110 valence electrons. The van der Waals surface area contributed by atoms with Gasteiger partial charge in [0.15, 0.2) is 5.11 Å². The Kier molecular flexibility index (Phi) is 4.02. The smallest absolute Gasteiger partial charge is 0.286 e. The molecule has 0 aliphatic carbocycles. The number of hydrogen-bond acceptors (Lipinski definition) is 2. The number of anilines is 1. The van der Waals surface area contributed by atoms with Crippen LogP contribution in [0.1, 0.15) is 10.5 Å². The lowest BCUT2D eigenvalue weighted by Gasteiger charge is -2.10. The molecule has 0 aliphatic rings. The van der Waals surface area contributed by atoms with E-state index in [0.717, 1.165) is 16.6 Å². The average molecular weight is 310 g/mol. The Hall–Kier alpha value is -2.86. The van der Waals surface area contributed by atoms with Crippen LogP contribution in [0, 0.1) is 0 Å². The van der Waals surface area contributed by atoms with Gasteiger partial charge in [-0.1, -0.05) is 36.4 Å². The van der Waals surface area contributed by atoms with Gasteiger partial charge < -0.3 is 10.3 Å². The predicted molar refractivity (Wildman–Crippen MR) is 91.6 cm³/mol. The highest BCUT2D eigenvalue weighted by atomic mass is 32.1. The first-order valence-corrected chi connectivity index (χ1v) is 7.13. The van der Waals surface area contributed by atoms with Crippen LogP contribution in [0.25, 0.3) is 10.9 Å². The Morgan fingerprint density at radius 2 is 1.68 bits per heavy atom. The van der Waals surface area contributed by atoms with Gasteiger partial charge in [-0.25, -0.2) is 0 Å². The minimum atomic E-state index is -0.284. The maximum absolute atomic E-state index is 12.1. The van der Waals surface area contributed by atoms with Crippen LogP contribution >= 0.6 is 12.2 Å². The topological polar surface area (TPSA) is 69.0 Å². The van der Waals surface area contributed by atoms with Crippen molar-refractivity contribution in [2.45, 2.75) is 0 Å². The lowest BCUT2D eigenvalue weighted by molar-refractivity contribution is 0.0940. The molecular formula is C16H14N4OS. The SMILES string of the molecule is O=C(NNC(=S)Nc1ccccc1)c1cc2ccccc2[nH]1. The van der Waals surface area contributed by atoms with Crippen LogP contribution in [0.2, 0.25) is 0 Å². The number of benzene rings is 2. The summed E-state index contributed by atoms with van der Waals surface area (Å²) < 4.78 is 0. The minimum Gasteiger partial charge on any atom is -0.350 e. The summed E-state index contributed by atoms with van der Waals surface area (Å²) in [6.45, 7) is 0. The monoisotopic (exact) mass is 310 g/mol. The van der Waals surface area contributed by atoms with Crippen LogP contribution in [-0.2, 0) is 0 Å². The molecule has 22 heavy (non-hydrogen) atoms. The van der Waals surface area contributed by atoms with Crippen molar-refractivity contribution in [2.75, 3.05) is 5.32 Å². The van der Waals surface area contributed by atoms with Gasteiger partial charge in [0, 0.05) is 16.6 Å². The van der Waals surface area contributed by atoms with Gasteiger partial charge in [-0.2, -0.15) is 0 Å². The number of carbonyl (C=O) groups excluding carboxylic acids is 1. The van der Waals surface area contributed by atoms with Gasteiger partial charge in [-0.3, -0.25) is 15.6 Å². The van der Waals surface area contributed by atoms with Gasteiger partial charge in [-0.15, -0.1) is 0 Å². The van der Waals surface area contributed by atoms with Crippen molar-refractivity contribution in [1.82, 2.24) is 15.8 Å². The first-order chi connectivity index (χ1) is 10.7. The van der Waals surface area contributed by atoms with Gasteiger partial charge >= 0.3 is 0 Å². The highest BCUT2D eigenvalue weighted by Crippen LogP contribution is 2.14. The summed E-state index contributed by atoms with van der Waals surface area (Å²) >= 11 is 5.12. The van der Waals surface area contributed by atoms with Gasteiger partial charge in [0.25, 0.3) is 5.91 Å². The van der Waals surface area contributed by atoms with Gasteiger partial charge in [-0.05, 0) is 36.5 Å². The van der Waals surface area contributed by atoms with E-state index in [0.29, 0.717) is 10.8 Å². The molecule has 1 heterocycles. The zero-order valence-corrected chi connectivity index (χ0v) is 12.4. The lowest BCUT2D eigenvalue weighted by Crippen LogP contribution is -2.43.